The van der Waals surface area contributed by atoms with Gasteiger partial charge in [0.25, 0.3) is 5.91 Å². The highest BCUT2D eigenvalue weighted by molar-refractivity contribution is 6.32. The van der Waals surface area contributed by atoms with Gasteiger partial charge in [-0.1, -0.05) is 29.8 Å². The molecule has 1 amide bonds. The topological polar surface area (TPSA) is 72.8 Å². The molecule has 158 valence electrons. The molecule has 0 atom stereocenters. The van der Waals surface area contributed by atoms with Crippen molar-refractivity contribution in [2.24, 2.45) is 0 Å². The summed E-state index contributed by atoms with van der Waals surface area (Å²) in [5.74, 6) is 1.22. The van der Waals surface area contributed by atoms with Crippen LogP contribution >= 0.6 is 11.6 Å². The molecule has 5 nitrogen and oxygen atoms in total. The number of aromatic amines is 1. The molecule has 3 aromatic rings. The quantitative estimate of drug-likeness (QED) is 0.589. The van der Waals surface area contributed by atoms with Crippen LogP contribution in [0.1, 0.15) is 57.2 Å². The normalized spacial score (nSPS) is 14.5. The Hall–Kier alpha value is -3.10. The lowest BCUT2D eigenvalue weighted by molar-refractivity contribution is 0.0712. The van der Waals surface area contributed by atoms with Gasteiger partial charge in [0, 0.05) is 24.2 Å². The van der Waals surface area contributed by atoms with Crippen molar-refractivity contribution >= 4 is 17.5 Å². The lowest BCUT2D eigenvalue weighted by Gasteiger charge is -2.33. The first-order valence-corrected chi connectivity index (χ1v) is 10.9. The fourth-order valence-electron chi connectivity index (χ4n) is 4.41. The molecule has 6 heteroatoms. The van der Waals surface area contributed by atoms with Crippen molar-refractivity contribution in [2.45, 2.75) is 39.5 Å². The maximum atomic E-state index is 13.4. The molecule has 2 aromatic carbocycles. The minimum absolute atomic E-state index is 0.0596. The van der Waals surface area contributed by atoms with Gasteiger partial charge in [-0.05, 0) is 74.4 Å². The molecule has 1 N–H and O–H groups in total. The number of piperidine rings is 1. The van der Waals surface area contributed by atoms with Crippen molar-refractivity contribution in [3.05, 3.63) is 75.2 Å². The third-order valence-corrected chi connectivity index (χ3v) is 6.42. The molecule has 0 saturated carbocycles. The number of imidazole rings is 1. The first-order chi connectivity index (χ1) is 14.9. The van der Waals surface area contributed by atoms with E-state index in [9.17, 15) is 4.79 Å². The van der Waals surface area contributed by atoms with Gasteiger partial charge in [-0.3, -0.25) is 4.79 Å². The zero-order valence-electron chi connectivity index (χ0n) is 18.0. The summed E-state index contributed by atoms with van der Waals surface area (Å²) in [5, 5.41) is 9.41. The zero-order chi connectivity index (χ0) is 22.1. The van der Waals surface area contributed by atoms with E-state index in [2.05, 4.69) is 16.0 Å². The Labute approximate surface area is 187 Å². The molecule has 0 spiro atoms. The second-order valence-corrected chi connectivity index (χ2v) is 8.63. The number of hydrogen-bond acceptors (Lipinski definition) is 3. The fraction of sp³-hybridized carbons (Fsp3) is 0.320. The zero-order valence-corrected chi connectivity index (χ0v) is 18.8. The average molecular weight is 433 g/mol. The Morgan fingerprint density at radius 2 is 1.81 bits per heavy atom. The molecular formula is C25H25ClN4O. The van der Waals surface area contributed by atoms with Crippen molar-refractivity contribution in [3.63, 3.8) is 0 Å². The Morgan fingerprint density at radius 1 is 1.13 bits per heavy atom. The average Bonchev–Trinajstić information content (AvgIpc) is 3.11. The number of rotatable bonds is 3. The monoisotopic (exact) mass is 432 g/mol. The minimum Gasteiger partial charge on any atom is -0.341 e. The molecule has 1 aliphatic rings. The fourth-order valence-corrected chi connectivity index (χ4v) is 4.69. The van der Waals surface area contributed by atoms with Gasteiger partial charge in [0.05, 0.1) is 17.3 Å². The van der Waals surface area contributed by atoms with E-state index >= 15 is 0 Å². The largest absolute Gasteiger partial charge is 0.341 e. The summed E-state index contributed by atoms with van der Waals surface area (Å²) in [6.45, 7) is 7.30. The van der Waals surface area contributed by atoms with E-state index in [-0.39, 0.29) is 5.91 Å². The van der Waals surface area contributed by atoms with Crippen molar-refractivity contribution in [1.82, 2.24) is 14.9 Å². The number of nitrogens with one attached hydrogen (secondary N) is 1. The van der Waals surface area contributed by atoms with E-state index in [0.717, 1.165) is 54.1 Å². The second kappa shape index (κ2) is 8.56. The summed E-state index contributed by atoms with van der Waals surface area (Å²) in [4.78, 5) is 22.8. The maximum Gasteiger partial charge on any atom is 0.254 e. The van der Waals surface area contributed by atoms with Crippen LogP contribution in [0.15, 0.2) is 36.4 Å². The molecule has 0 radical (unpaired) electrons. The number of hydrogen-bond donors (Lipinski definition) is 1. The van der Waals surface area contributed by atoms with Crippen LogP contribution in [0.4, 0.5) is 0 Å². The van der Waals surface area contributed by atoms with Crippen molar-refractivity contribution < 1.29 is 4.79 Å². The number of H-pyrrole nitrogens is 1. The van der Waals surface area contributed by atoms with Gasteiger partial charge in [-0.25, -0.2) is 4.98 Å². The highest BCUT2D eigenvalue weighted by Crippen LogP contribution is 2.33. The van der Waals surface area contributed by atoms with Crippen LogP contribution in [0.5, 0.6) is 0 Å². The van der Waals surface area contributed by atoms with E-state index in [1.54, 1.807) is 0 Å². The predicted octanol–water partition coefficient (Wildman–Crippen LogP) is 5.55. The summed E-state index contributed by atoms with van der Waals surface area (Å²) in [7, 11) is 0. The van der Waals surface area contributed by atoms with Gasteiger partial charge in [0.15, 0.2) is 5.15 Å². The molecule has 1 aliphatic heterocycles. The number of carbonyl (C=O) groups excluding carboxylic acids is 1. The van der Waals surface area contributed by atoms with Crippen molar-refractivity contribution in [2.75, 3.05) is 13.1 Å². The number of aryl methyl sites for hydroxylation is 3. The van der Waals surface area contributed by atoms with E-state index in [1.807, 2.05) is 62.1 Å². The Morgan fingerprint density at radius 3 is 2.39 bits per heavy atom. The summed E-state index contributed by atoms with van der Waals surface area (Å²) in [6.07, 6.45) is 1.84. The molecular weight excluding hydrogens is 408 g/mol. The van der Waals surface area contributed by atoms with E-state index in [0.29, 0.717) is 22.2 Å². The van der Waals surface area contributed by atoms with Crippen LogP contribution in [0, 0.1) is 32.1 Å². The Bertz CT molecular complexity index is 1170. The van der Waals surface area contributed by atoms with Crippen molar-refractivity contribution in [1.29, 1.82) is 5.26 Å². The number of aromatic nitrogens is 2. The third kappa shape index (κ3) is 4.22. The molecule has 0 unspecified atom stereocenters. The smallest absolute Gasteiger partial charge is 0.254 e. The number of nitriles is 1. The van der Waals surface area contributed by atoms with Gasteiger partial charge >= 0.3 is 0 Å². The summed E-state index contributed by atoms with van der Waals surface area (Å²) in [5.41, 5.74) is 6.31. The van der Waals surface area contributed by atoms with E-state index in [1.165, 1.54) is 5.56 Å². The highest BCUT2D eigenvalue weighted by atomic mass is 35.5. The number of carbonyl (C=O) groups is 1. The third-order valence-electron chi connectivity index (χ3n) is 6.14. The minimum atomic E-state index is 0.0596. The van der Waals surface area contributed by atoms with Crippen LogP contribution < -0.4 is 0 Å². The Balaban J connectivity index is 1.53. The van der Waals surface area contributed by atoms with Gasteiger partial charge in [-0.2, -0.15) is 5.26 Å². The summed E-state index contributed by atoms with van der Waals surface area (Å²) >= 11 is 6.31. The molecule has 4 rings (SSSR count). The SMILES string of the molecule is Cc1nc(Cl)c(-c2cc(C(=O)N3CCC(c4ccc(C#N)cc4)CC3)c(C)cc2C)[nH]1. The predicted molar refractivity (Wildman–Crippen MR) is 122 cm³/mol. The first kappa shape index (κ1) is 21.1. The van der Waals surface area contributed by atoms with Gasteiger partial charge < -0.3 is 9.88 Å². The molecule has 2 heterocycles. The lowest BCUT2D eigenvalue weighted by atomic mass is 9.88. The molecule has 1 aromatic heterocycles. The lowest BCUT2D eigenvalue weighted by Crippen LogP contribution is -2.38. The summed E-state index contributed by atoms with van der Waals surface area (Å²) in [6, 6.07) is 13.9. The molecule has 0 aliphatic carbocycles. The maximum absolute atomic E-state index is 13.4. The van der Waals surface area contributed by atoms with Crippen LogP contribution in [0.2, 0.25) is 5.15 Å². The van der Waals surface area contributed by atoms with Crippen LogP contribution in [0.25, 0.3) is 11.3 Å². The van der Waals surface area contributed by atoms with Gasteiger partial charge in [0.2, 0.25) is 0 Å². The van der Waals surface area contributed by atoms with Crippen LogP contribution in [-0.4, -0.2) is 33.9 Å². The Kier molecular flexibility index (Phi) is 5.84. The van der Waals surface area contributed by atoms with Gasteiger partial charge in [-0.15, -0.1) is 0 Å². The standard InChI is InChI=1S/C25H25ClN4O/c1-15-12-16(2)22(13-21(15)23-24(26)29-17(3)28-23)25(31)30-10-8-20(9-11-30)19-6-4-18(14-27)5-7-19/h4-7,12-13,20H,8-11H2,1-3H3,(H,28,29). The van der Waals surface area contributed by atoms with Gasteiger partial charge in [0.1, 0.15) is 5.82 Å². The van der Waals surface area contributed by atoms with E-state index < -0.39 is 0 Å². The molecule has 0 bridgehead atoms. The number of amides is 1. The molecule has 1 saturated heterocycles. The number of halogens is 1. The molecule has 1 fully saturated rings. The first-order valence-electron chi connectivity index (χ1n) is 10.5. The number of likely N-dealkylation sites (tertiary alicyclic amines) is 1. The highest BCUT2D eigenvalue weighted by Gasteiger charge is 2.26. The number of benzene rings is 2. The summed E-state index contributed by atoms with van der Waals surface area (Å²) < 4.78 is 0. The van der Waals surface area contributed by atoms with Crippen LogP contribution in [0.3, 0.4) is 0 Å². The second-order valence-electron chi connectivity index (χ2n) is 8.27. The van der Waals surface area contributed by atoms with Crippen LogP contribution in [-0.2, 0) is 0 Å². The molecule has 31 heavy (non-hydrogen) atoms. The van der Waals surface area contributed by atoms with Crippen molar-refractivity contribution in [3.8, 4) is 17.3 Å². The number of nitrogens with zero attached hydrogens (tertiary/aromatic N) is 3. The van der Waals surface area contributed by atoms with E-state index in [4.69, 9.17) is 16.9 Å².